The molecule has 0 spiro atoms. The summed E-state index contributed by atoms with van der Waals surface area (Å²) in [6, 6.07) is 9.81. The van der Waals surface area contributed by atoms with E-state index in [9.17, 15) is 0 Å². The lowest BCUT2D eigenvalue weighted by Crippen LogP contribution is -2.06. The number of benzene rings is 1. The summed E-state index contributed by atoms with van der Waals surface area (Å²) in [4.78, 5) is 12.4. The summed E-state index contributed by atoms with van der Waals surface area (Å²) in [5.74, 6) is 0.806. The third kappa shape index (κ3) is 2.72. The number of nitrogens with two attached hydrogens (primary N) is 3. The Bertz CT molecular complexity index is 810. The minimum atomic E-state index is 0. The average Bonchev–Trinajstić information content (AvgIpc) is 2.42. The summed E-state index contributed by atoms with van der Waals surface area (Å²) in [5.41, 5.74) is 20.7. The molecule has 8 heteroatoms. The van der Waals surface area contributed by atoms with Crippen LogP contribution in [0.15, 0.2) is 30.3 Å². The topological polar surface area (TPSA) is 148 Å². The lowest BCUT2D eigenvalue weighted by atomic mass is 9.98. The molecule has 3 aromatic rings. The van der Waals surface area contributed by atoms with Gasteiger partial charge in [-0.25, -0.2) is 4.98 Å². The third-order valence-corrected chi connectivity index (χ3v) is 3.23. The Morgan fingerprint density at radius 1 is 0.864 bits per heavy atom. The number of anilines is 3. The van der Waals surface area contributed by atoms with E-state index in [0.717, 1.165) is 16.7 Å². The number of halogens is 1. The maximum absolute atomic E-state index is 6.00. The van der Waals surface area contributed by atoms with Gasteiger partial charge in [0.1, 0.15) is 11.6 Å². The van der Waals surface area contributed by atoms with Crippen LogP contribution < -0.4 is 17.2 Å². The molecule has 0 aliphatic rings. The number of pyridine rings is 1. The van der Waals surface area contributed by atoms with Crippen LogP contribution in [0.5, 0.6) is 0 Å². The van der Waals surface area contributed by atoms with Gasteiger partial charge in [0.25, 0.3) is 0 Å². The van der Waals surface area contributed by atoms with Crippen LogP contribution in [0.4, 0.5) is 17.6 Å². The maximum Gasteiger partial charge on any atom is 0.224 e. The Kier molecular flexibility index (Phi) is 5.08. The van der Waals surface area contributed by atoms with Crippen LogP contribution in [0.25, 0.3) is 22.2 Å². The number of hydrogen-bond donors (Lipinski definition) is 3. The van der Waals surface area contributed by atoms with Gasteiger partial charge in [-0.05, 0) is 18.1 Å². The average molecular weight is 321 g/mol. The fourth-order valence-electron chi connectivity index (χ4n) is 2.28. The minimum Gasteiger partial charge on any atom is -0.412 e. The van der Waals surface area contributed by atoms with Crippen molar-refractivity contribution in [3.63, 3.8) is 0 Å². The van der Waals surface area contributed by atoms with Crippen molar-refractivity contribution in [1.29, 1.82) is 0 Å². The number of fused-ring (bicyclic) bond motifs is 1. The monoisotopic (exact) mass is 320 g/mol. The van der Waals surface area contributed by atoms with Gasteiger partial charge in [-0.2, -0.15) is 9.97 Å². The standard InChI is InChI=1S/C14H14N6.ClH.H2O/c1-7-9(8-5-3-2-4-6-8)10-12(16)19-14(17)20-13(10)18-11(7)15;;/h2-6H,1H3,(H6,15,16,17,18,19,20);1H;1H2. The van der Waals surface area contributed by atoms with E-state index in [0.29, 0.717) is 22.7 Å². The molecule has 1 aromatic carbocycles. The lowest BCUT2D eigenvalue weighted by molar-refractivity contribution is 0.824. The first-order chi connectivity index (χ1) is 9.58. The van der Waals surface area contributed by atoms with Crippen molar-refractivity contribution < 1.29 is 5.48 Å². The maximum atomic E-state index is 6.00. The molecule has 8 N–H and O–H groups in total. The molecule has 0 saturated carbocycles. The van der Waals surface area contributed by atoms with Crippen molar-refractivity contribution in [3.05, 3.63) is 35.9 Å². The fraction of sp³-hybridized carbons (Fsp3) is 0.0714. The van der Waals surface area contributed by atoms with Crippen LogP contribution in [0.3, 0.4) is 0 Å². The van der Waals surface area contributed by atoms with E-state index in [4.69, 9.17) is 17.2 Å². The van der Waals surface area contributed by atoms with Crippen molar-refractivity contribution in [2.45, 2.75) is 6.92 Å². The van der Waals surface area contributed by atoms with Crippen molar-refractivity contribution >= 4 is 41.0 Å². The van der Waals surface area contributed by atoms with Gasteiger partial charge in [0.05, 0.1) is 5.39 Å². The Morgan fingerprint density at radius 2 is 1.50 bits per heavy atom. The largest absolute Gasteiger partial charge is 0.412 e. The zero-order valence-electron chi connectivity index (χ0n) is 11.9. The summed E-state index contributed by atoms with van der Waals surface area (Å²) in [7, 11) is 0. The molecule has 0 aliphatic carbocycles. The molecule has 22 heavy (non-hydrogen) atoms. The molecule has 0 bridgehead atoms. The predicted molar refractivity (Wildman–Crippen MR) is 91.6 cm³/mol. The molecule has 7 nitrogen and oxygen atoms in total. The highest BCUT2D eigenvalue weighted by Crippen LogP contribution is 2.35. The number of nitrogens with zero attached hydrogens (tertiary/aromatic N) is 3. The summed E-state index contributed by atoms with van der Waals surface area (Å²) < 4.78 is 0. The van der Waals surface area contributed by atoms with Gasteiger partial charge in [0, 0.05) is 5.56 Å². The minimum absolute atomic E-state index is 0. The van der Waals surface area contributed by atoms with Crippen molar-refractivity contribution in [2.24, 2.45) is 0 Å². The summed E-state index contributed by atoms with van der Waals surface area (Å²) in [6.45, 7) is 1.90. The first-order valence-corrected chi connectivity index (χ1v) is 6.12. The van der Waals surface area contributed by atoms with Crippen LogP contribution in [0.1, 0.15) is 5.56 Å². The normalized spacial score (nSPS) is 9.86. The van der Waals surface area contributed by atoms with Crippen LogP contribution in [-0.2, 0) is 0 Å². The Balaban J connectivity index is 0.00000121. The molecule has 116 valence electrons. The molecule has 0 radical (unpaired) electrons. The zero-order chi connectivity index (χ0) is 14.3. The van der Waals surface area contributed by atoms with Gasteiger partial charge in [0.2, 0.25) is 5.95 Å². The van der Waals surface area contributed by atoms with Crippen molar-refractivity contribution in [2.75, 3.05) is 17.2 Å². The highest BCUT2D eigenvalue weighted by atomic mass is 35.5. The molecule has 0 aliphatic heterocycles. The van der Waals surface area contributed by atoms with E-state index in [2.05, 4.69) is 15.0 Å². The van der Waals surface area contributed by atoms with Gasteiger partial charge < -0.3 is 22.7 Å². The first-order valence-electron chi connectivity index (χ1n) is 6.12. The van der Waals surface area contributed by atoms with E-state index < -0.39 is 0 Å². The van der Waals surface area contributed by atoms with Crippen LogP contribution in [0, 0.1) is 6.92 Å². The van der Waals surface area contributed by atoms with Crippen LogP contribution in [0.2, 0.25) is 0 Å². The van der Waals surface area contributed by atoms with Gasteiger partial charge in [-0.15, -0.1) is 12.4 Å². The number of nitrogen functional groups attached to an aromatic ring is 3. The second-order valence-corrected chi connectivity index (χ2v) is 4.53. The van der Waals surface area contributed by atoms with Gasteiger partial charge in [-0.1, -0.05) is 30.3 Å². The second kappa shape index (κ2) is 6.42. The molecule has 0 fully saturated rings. The summed E-state index contributed by atoms with van der Waals surface area (Å²) in [5, 5.41) is 0.678. The molecule has 2 aromatic heterocycles. The van der Waals surface area contributed by atoms with Gasteiger partial charge in [-0.3, -0.25) is 0 Å². The SMILES string of the molecule is Cc1c(N)nc2nc(N)nc(N)c2c1-c1ccccc1.Cl.O. The Morgan fingerprint density at radius 3 is 2.14 bits per heavy atom. The van der Waals surface area contributed by atoms with E-state index in [1.807, 2.05) is 37.3 Å². The molecule has 3 rings (SSSR count). The Hall–Kier alpha value is -2.64. The fourth-order valence-corrected chi connectivity index (χ4v) is 2.28. The lowest BCUT2D eigenvalue weighted by Gasteiger charge is -2.13. The molecule has 0 saturated heterocycles. The van der Waals surface area contributed by atoms with Gasteiger partial charge >= 0.3 is 0 Å². The van der Waals surface area contributed by atoms with Crippen LogP contribution >= 0.6 is 12.4 Å². The van der Waals surface area contributed by atoms with Gasteiger partial charge in [0.15, 0.2) is 5.65 Å². The van der Waals surface area contributed by atoms with Crippen molar-refractivity contribution in [3.8, 4) is 11.1 Å². The summed E-state index contributed by atoms with van der Waals surface area (Å²) >= 11 is 0. The van der Waals surface area contributed by atoms with Crippen molar-refractivity contribution in [1.82, 2.24) is 15.0 Å². The second-order valence-electron chi connectivity index (χ2n) is 4.53. The van der Waals surface area contributed by atoms with Crippen LogP contribution in [-0.4, -0.2) is 20.4 Å². The van der Waals surface area contributed by atoms with E-state index in [-0.39, 0.29) is 23.8 Å². The molecular weight excluding hydrogens is 304 g/mol. The van der Waals surface area contributed by atoms with E-state index in [1.165, 1.54) is 0 Å². The summed E-state index contributed by atoms with van der Waals surface area (Å²) in [6.07, 6.45) is 0. The predicted octanol–water partition coefficient (Wildman–Crippen LogP) is 1.34. The molecule has 0 unspecified atom stereocenters. The molecule has 0 amide bonds. The molecular formula is C14H17ClN6O. The highest BCUT2D eigenvalue weighted by molar-refractivity contribution is 6.02. The van der Waals surface area contributed by atoms with E-state index >= 15 is 0 Å². The third-order valence-electron chi connectivity index (χ3n) is 3.23. The van der Waals surface area contributed by atoms with E-state index in [1.54, 1.807) is 0 Å². The first kappa shape index (κ1) is 17.4. The zero-order valence-corrected chi connectivity index (χ0v) is 12.7. The quantitative estimate of drug-likeness (QED) is 0.616. The number of hydrogen-bond acceptors (Lipinski definition) is 6. The Labute approximate surface area is 133 Å². The molecule has 0 atom stereocenters. The number of rotatable bonds is 1. The highest BCUT2D eigenvalue weighted by Gasteiger charge is 2.16. The smallest absolute Gasteiger partial charge is 0.224 e. The number of aromatic nitrogens is 3. The molecule has 2 heterocycles.